The average molecular weight is 471 g/mol. The van der Waals surface area contributed by atoms with Gasteiger partial charge in [0.1, 0.15) is 5.82 Å². The van der Waals surface area contributed by atoms with Crippen LogP contribution in [0.25, 0.3) is 22.0 Å². The first kappa shape index (κ1) is 23.3. The smallest absolute Gasteiger partial charge is 0.223 e. The molecule has 0 bridgehead atoms. The summed E-state index contributed by atoms with van der Waals surface area (Å²) in [4.78, 5) is 32.0. The first-order valence-corrected chi connectivity index (χ1v) is 12.8. The SMILES string of the molecule is Cc1ccc2nc(N3CCC(C(=O)N[C@H]4CCC[C@H](C(N)=O)C4)CC3)c(-c3ccccc3)cc2c1. The molecule has 2 aromatic carbocycles. The van der Waals surface area contributed by atoms with E-state index in [2.05, 4.69) is 65.7 Å². The number of hydrogen-bond acceptors (Lipinski definition) is 4. The molecule has 2 amide bonds. The van der Waals surface area contributed by atoms with Crippen LogP contribution in [0, 0.1) is 18.8 Å². The van der Waals surface area contributed by atoms with Crippen molar-refractivity contribution in [2.24, 2.45) is 17.6 Å². The zero-order chi connectivity index (χ0) is 24.4. The van der Waals surface area contributed by atoms with Crippen molar-refractivity contribution in [2.75, 3.05) is 18.0 Å². The second-order valence-corrected chi connectivity index (χ2v) is 10.2. The Hall–Kier alpha value is -3.41. The van der Waals surface area contributed by atoms with Crippen molar-refractivity contribution in [2.45, 2.75) is 51.5 Å². The maximum absolute atomic E-state index is 13.0. The Labute approximate surface area is 206 Å². The molecule has 1 aromatic heterocycles. The predicted molar refractivity (Wildman–Crippen MR) is 140 cm³/mol. The van der Waals surface area contributed by atoms with Gasteiger partial charge >= 0.3 is 0 Å². The van der Waals surface area contributed by atoms with Crippen LogP contribution in [0.3, 0.4) is 0 Å². The minimum atomic E-state index is -0.246. The number of nitrogens with one attached hydrogen (secondary N) is 1. The minimum Gasteiger partial charge on any atom is -0.369 e. The summed E-state index contributed by atoms with van der Waals surface area (Å²) in [5.74, 6) is 0.732. The number of fused-ring (bicyclic) bond motifs is 1. The number of hydrogen-bond donors (Lipinski definition) is 2. The van der Waals surface area contributed by atoms with Crippen LogP contribution in [0.2, 0.25) is 0 Å². The van der Waals surface area contributed by atoms with Crippen LogP contribution in [0.15, 0.2) is 54.6 Å². The third-order valence-electron chi connectivity index (χ3n) is 7.62. The largest absolute Gasteiger partial charge is 0.369 e. The number of nitrogens with two attached hydrogens (primary N) is 1. The van der Waals surface area contributed by atoms with E-state index < -0.39 is 0 Å². The lowest BCUT2D eigenvalue weighted by molar-refractivity contribution is -0.128. The van der Waals surface area contributed by atoms with Gasteiger partial charge in [-0.1, -0.05) is 48.4 Å². The molecule has 2 heterocycles. The zero-order valence-electron chi connectivity index (χ0n) is 20.4. The lowest BCUT2D eigenvalue weighted by atomic mass is 9.84. The predicted octanol–water partition coefficient (Wildman–Crippen LogP) is 4.59. The van der Waals surface area contributed by atoms with Crippen molar-refractivity contribution in [3.05, 3.63) is 60.2 Å². The van der Waals surface area contributed by atoms with E-state index in [0.717, 1.165) is 73.0 Å². The molecule has 0 radical (unpaired) electrons. The molecule has 182 valence electrons. The molecule has 0 spiro atoms. The summed E-state index contributed by atoms with van der Waals surface area (Å²) in [6.07, 6.45) is 4.95. The maximum atomic E-state index is 13.0. The first-order chi connectivity index (χ1) is 17.0. The second kappa shape index (κ2) is 10.1. The van der Waals surface area contributed by atoms with Crippen molar-refractivity contribution in [3.8, 4) is 11.1 Å². The van der Waals surface area contributed by atoms with E-state index in [1.165, 1.54) is 5.56 Å². The molecule has 2 atom stereocenters. The van der Waals surface area contributed by atoms with Crippen LogP contribution in [0.5, 0.6) is 0 Å². The molecular weight excluding hydrogens is 436 g/mol. The molecule has 35 heavy (non-hydrogen) atoms. The minimum absolute atomic E-state index is 0.0107. The number of pyridine rings is 1. The Kier molecular flexibility index (Phi) is 6.71. The summed E-state index contributed by atoms with van der Waals surface area (Å²) in [5.41, 5.74) is 10.0. The van der Waals surface area contributed by atoms with Gasteiger partial charge in [0.2, 0.25) is 11.8 Å². The Bertz CT molecular complexity index is 1220. The van der Waals surface area contributed by atoms with E-state index in [1.807, 2.05) is 6.07 Å². The lowest BCUT2D eigenvalue weighted by Gasteiger charge is -2.35. The molecule has 2 aliphatic rings. The van der Waals surface area contributed by atoms with Crippen LogP contribution in [-0.2, 0) is 9.59 Å². The van der Waals surface area contributed by atoms with Crippen molar-refractivity contribution in [3.63, 3.8) is 0 Å². The molecule has 1 aliphatic carbocycles. The fourth-order valence-corrected chi connectivity index (χ4v) is 5.61. The molecule has 6 nitrogen and oxygen atoms in total. The Morgan fingerprint density at radius 2 is 1.74 bits per heavy atom. The number of nitrogens with zero attached hydrogens (tertiary/aromatic N) is 2. The van der Waals surface area contributed by atoms with Crippen LogP contribution in [-0.4, -0.2) is 35.9 Å². The van der Waals surface area contributed by atoms with Gasteiger partial charge in [0, 0.05) is 41.9 Å². The number of aryl methyl sites for hydroxylation is 1. The topological polar surface area (TPSA) is 88.3 Å². The highest BCUT2D eigenvalue weighted by Crippen LogP contribution is 2.35. The molecule has 3 aromatic rings. The average Bonchev–Trinajstić information content (AvgIpc) is 2.88. The van der Waals surface area contributed by atoms with Gasteiger partial charge in [-0.2, -0.15) is 0 Å². The van der Waals surface area contributed by atoms with Crippen LogP contribution < -0.4 is 16.0 Å². The van der Waals surface area contributed by atoms with E-state index in [1.54, 1.807) is 0 Å². The van der Waals surface area contributed by atoms with E-state index in [-0.39, 0.29) is 29.7 Å². The maximum Gasteiger partial charge on any atom is 0.223 e. The highest BCUT2D eigenvalue weighted by Gasteiger charge is 2.31. The van der Waals surface area contributed by atoms with Gasteiger partial charge in [-0.05, 0) is 62.8 Å². The molecular formula is C29H34N4O2. The number of amides is 2. The summed E-state index contributed by atoms with van der Waals surface area (Å²) in [6, 6.07) is 19.1. The van der Waals surface area contributed by atoms with Gasteiger partial charge < -0.3 is 16.0 Å². The van der Waals surface area contributed by atoms with E-state index in [0.29, 0.717) is 6.42 Å². The van der Waals surface area contributed by atoms with Crippen molar-refractivity contribution in [1.29, 1.82) is 0 Å². The summed E-state index contributed by atoms with van der Waals surface area (Å²) in [5, 5.41) is 4.36. The quantitative estimate of drug-likeness (QED) is 0.571. The molecule has 6 heteroatoms. The van der Waals surface area contributed by atoms with Crippen molar-refractivity contribution < 1.29 is 9.59 Å². The third kappa shape index (κ3) is 5.16. The Morgan fingerprint density at radius 1 is 0.971 bits per heavy atom. The number of benzene rings is 2. The number of carbonyl (C=O) groups excluding carboxylic acids is 2. The number of carbonyl (C=O) groups is 2. The van der Waals surface area contributed by atoms with Gasteiger partial charge in [0.25, 0.3) is 0 Å². The molecule has 1 saturated heterocycles. The van der Waals surface area contributed by atoms with E-state index in [4.69, 9.17) is 10.7 Å². The van der Waals surface area contributed by atoms with E-state index in [9.17, 15) is 9.59 Å². The number of anilines is 1. The van der Waals surface area contributed by atoms with Gasteiger partial charge in [0.15, 0.2) is 0 Å². The highest BCUT2D eigenvalue weighted by atomic mass is 16.2. The molecule has 1 aliphatic heterocycles. The van der Waals surface area contributed by atoms with Crippen LogP contribution >= 0.6 is 0 Å². The third-order valence-corrected chi connectivity index (χ3v) is 7.62. The molecule has 3 N–H and O–H groups in total. The fourth-order valence-electron chi connectivity index (χ4n) is 5.61. The molecule has 5 rings (SSSR count). The lowest BCUT2D eigenvalue weighted by Crippen LogP contribution is -2.46. The second-order valence-electron chi connectivity index (χ2n) is 10.2. The van der Waals surface area contributed by atoms with Crippen molar-refractivity contribution >= 4 is 28.5 Å². The summed E-state index contributed by atoms with van der Waals surface area (Å²) >= 11 is 0. The zero-order valence-corrected chi connectivity index (χ0v) is 20.4. The number of piperidine rings is 1. The van der Waals surface area contributed by atoms with E-state index >= 15 is 0 Å². The number of aromatic nitrogens is 1. The summed E-state index contributed by atoms with van der Waals surface area (Å²) in [6.45, 7) is 3.68. The summed E-state index contributed by atoms with van der Waals surface area (Å²) in [7, 11) is 0. The molecule has 1 saturated carbocycles. The Morgan fingerprint density at radius 3 is 2.49 bits per heavy atom. The highest BCUT2D eigenvalue weighted by molar-refractivity contribution is 5.90. The van der Waals surface area contributed by atoms with Gasteiger partial charge in [0.05, 0.1) is 5.52 Å². The standard InChI is InChI=1S/C29H34N4O2/c1-19-10-11-26-23(16-19)18-25(20-6-3-2-4-7-20)28(32-26)33-14-12-21(13-15-33)29(35)31-24-9-5-8-22(17-24)27(30)34/h2-4,6-7,10-11,16,18,21-22,24H,5,8-9,12-15,17H2,1H3,(H2,30,34)(H,31,35)/t22-,24-/m0/s1. The normalized spacial score (nSPS) is 21.1. The van der Waals surface area contributed by atoms with Gasteiger partial charge in [-0.25, -0.2) is 4.98 Å². The molecule has 2 fully saturated rings. The molecule has 0 unspecified atom stereocenters. The first-order valence-electron chi connectivity index (χ1n) is 12.8. The Balaban J connectivity index is 1.31. The number of rotatable bonds is 5. The fraction of sp³-hybridized carbons (Fsp3) is 0.414. The number of primary amides is 1. The van der Waals surface area contributed by atoms with Crippen LogP contribution in [0.1, 0.15) is 44.1 Å². The summed E-state index contributed by atoms with van der Waals surface area (Å²) < 4.78 is 0. The van der Waals surface area contributed by atoms with Gasteiger partial charge in [-0.3, -0.25) is 9.59 Å². The van der Waals surface area contributed by atoms with Crippen LogP contribution in [0.4, 0.5) is 5.82 Å². The monoisotopic (exact) mass is 470 g/mol. The van der Waals surface area contributed by atoms with Gasteiger partial charge in [-0.15, -0.1) is 0 Å². The van der Waals surface area contributed by atoms with Crippen molar-refractivity contribution in [1.82, 2.24) is 10.3 Å².